The van der Waals surface area contributed by atoms with Crippen LogP contribution in [0, 0.1) is 19.9 Å². The molecule has 0 bridgehead atoms. The van der Waals surface area contributed by atoms with E-state index in [1.54, 1.807) is 24.5 Å². The third kappa shape index (κ3) is 4.43. The number of hydrogen-bond donors (Lipinski definition) is 0. The zero-order chi connectivity index (χ0) is 26.6. The van der Waals surface area contributed by atoms with Gasteiger partial charge in [0.05, 0.1) is 28.4 Å². The summed E-state index contributed by atoms with van der Waals surface area (Å²) in [5, 5.41) is 16.8. The van der Waals surface area contributed by atoms with Crippen molar-refractivity contribution in [2.24, 2.45) is 7.05 Å². The molecule has 0 aliphatic rings. The van der Waals surface area contributed by atoms with Gasteiger partial charge in [-0.3, -0.25) is 20.3 Å². The van der Waals surface area contributed by atoms with Gasteiger partial charge in [0, 0.05) is 62.3 Å². The maximum Gasteiger partial charge on any atom is 0.397 e. The van der Waals surface area contributed by atoms with Crippen molar-refractivity contribution in [3.8, 4) is 11.5 Å². The van der Waals surface area contributed by atoms with Gasteiger partial charge in [0.25, 0.3) is 0 Å². The predicted molar refractivity (Wildman–Crippen MR) is 134 cm³/mol. The average Bonchev–Trinajstić information content (AvgIpc) is 3.68. The maximum absolute atomic E-state index is 12.9. The Labute approximate surface area is 232 Å². The van der Waals surface area contributed by atoms with Crippen molar-refractivity contribution in [1.82, 2.24) is 44.5 Å². The van der Waals surface area contributed by atoms with Crippen LogP contribution in [0.2, 0.25) is 0 Å². The average molecular weight is 706 g/mol. The molecule has 6 aromatic heterocycles. The number of fused-ring (bicyclic) bond motifs is 7. The summed E-state index contributed by atoms with van der Waals surface area (Å²) in [5.74, 6) is 0.461. The molecule has 13 heteroatoms. The fraction of sp³-hybridized carbons (Fsp3) is 0.154. The van der Waals surface area contributed by atoms with Crippen LogP contribution in [-0.4, -0.2) is 39.4 Å². The summed E-state index contributed by atoms with van der Waals surface area (Å²) in [6, 6.07) is 12.7. The van der Waals surface area contributed by atoms with Crippen molar-refractivity contribution >= 4 is 38.4 Å². The van der Waals surface area contributed by atoms with Crippen LogP contribution in [0.1, 0.15) is 17.0 Å². The second-order valence-corrected chi connectivity index (χ2v) is 8.70. The van der Waals surface area contributed by atoms with E-state index in [9.17, 15) is 13.2 Å². The molecule has 0 amide bonds. The first-order valence-corrected chi connectivity index (χ1v) is 11.5. The van der Waals surface area contributed by atoms with Crippen molar-refractivity contribution in [1.29, 1.82) is 0 Å². The van der Waals surface area contributed by atoms with Crippen LogP contribution < -0.4 is 5.10 Å². The summed E-state index contributed by atoms with van der Waals surface area (Å²) >= 11 is 0. The monoisotopic (exact) mass is 706 g/mol. The van der Waals surface area contributed by atoms with Gasteiger partial charge < -0.3 is 19.1 Å². The number of nitrogens with zero attached hydrogens (tertiary/aromatic N) is 9. The summed E-state index contributed by atoms with van der Waals surface area (Å²) in [6.07, 6.45) is 0.728. The molecule has 0 aliphatic heterocycles. The van der Waals surface area contributed by atoms with Gasteiger partial charge >= 0.3 is 6.18 Å². The second kappa shape index (κ2) is 9.83. The number of hydrogen-bond acceptors (Lipinski definition) is 6. The van der Waals surface area contributed by atoms with Crippen LogP contribution in [0.5, 0.6) is 0 Å². The molecule has 0 unspecified atom stereocenters. The fourth-order valence-corrected chi connectivity index (χ4v) is 4.50. The van der Waals surface area contributed by atoms with E-state index >= 15 is 0 Å². The molecular formula is C26H18F3IrN9-2. The standard InChI is InChI=1S/C15H7F3N3.C11H11N6.Ir/c16-15(17,18)12-6-5-10-13(20-12)9-3-1-2-4-11(9)21-8-7-19-14(10)21;1-6-7(2)17(3)10-4-9(12-5-8(6)10)11-13-15-16-14-11;/h1-4,6-8H;4-5H,1-3H3;/q2*-1;. The number of halogens is 3. The van der Waals surface area contributed by atoms with E-state index < -0.39 is 11.9 Å². The van der Waals surface area contributed by atoms with Gasteiger partial charge in [0.1, 0.15) is 0 Å². The smallest absolute Gasteiger partial charge is 0.348 e. The Kier molecular flexibility index (Phi) is 6.65. The summed E-state index contributed by atoms with van der Waals surface area (Å²) in [7, 11) is 2.04. The number of rotatable bonds is 1. The van der Waals surface area contributed by atoms with Gasteiger partial charge in [-0.25, -0.2) is 0 Å². The van der Waals surface area contributed by atoms with Crippen LogP contribution >= 0.6 is 0 Å². The van der Waals surface area contributed by atoms with Crippen LogP contribution in [-0.2, 0) is 33.3 Å². The number of pyridine rings is 3. The van der Waals surface area contributed by atoms with Crippen LogP contribution in [0.3, 0.4) is 0 Å². The molecule has 0 fully saturated rings. The molecule has 0 N–H and O–H groups in total. The molecule has 1 radical (unpaired) electrons. The molecule has 6 heterocycles. The zero-order valence-electron chi connectivity index (χ0n) is 20.7. The van der Waals surface area contributed by atoms with Crippen molar-refractivity contribution in [3.05, 3.63) is 78.0 Å². The minimum Gasteiger partial charge on any atom is -0.348 e. The van der Waals surface area contributed by atoms with E-state index in [4.69, 9.17) is 0 Å². The Morgan fingerprint density at radius 3 is 2.56 bits per heavy atom. The predicted octanol–water partition coefficient (Wildman–Crippen LogP) is 4.85. The molecule has 0 spiro atoms. The van der Waals surface area contributed by atoms with E-state index in [-0.39, 0.29) is 25.6 Å². The molecule has 0 aliphatic carbocycles. The third-order valence-electron chi connectivity index (χ3n) is 6.64. The number of imidazole rings is 1. The third-order valence-corrected chi connectivity index (χ3v) is 6.64. The molecule has 7 aromatic rings. The Balaban J connectivity index is 0.000000157. The maximum atomic E-state index is 12.9. The number of benzene rings is 1. The van der Waals surface area contributed by atoms with Crippen molar-refractivity contribution < 1.29 is 33.3 Å². The van der Waals surface area contributed by atoms with Gasteiger partial charge in [0.2, 0.25) is 0 Å². The summed E-state index contributed by atoms with van der Waals surface area (Å²) in [6.45, 7) is 4.19. The Morgan fingerprint density at radius 2 is 1.82 bits per heavy atom. The van der Waals surface area contributed by atoms with Crippen molar-refractivity contribution in [2.75, 3.05) is 0 Å². The number of aryl methyl sites for hydroxylation is 2. The molecule has 9 nitrogen and oxygen atoms in total. The molecule has 39 heavy (non-hydrogen) atoms. The van der Waals surface area contributed by atoms with Crippen LogP contribution in [0.4, 0.5) is 13.2 Å². The van der Waals surface area contributed by atoms with Gasteiger partial charge in [-0.05, 0) is 42.4 Å². The SMILES string of the molecule is Cc1c(C)n(C)c2cc(-c3nnn[n-]3)ncc12.FC(F)(F)c1c[c-]c2c(n1)c1ccccc1n1ccnc21.[Ir]. The first-order valence-electron chi connectivity index (χ1n) is 11.5. The van der Waals surface area contributed by atoms with Gasteiger partial charge in [-0.15, -0.1) is 12.1 Å². The Bertz CT molecular complexity index is 1960. The zero-order valence-corrected chi connectivity index (χ0v) is 23.1. The number of tetrazole rings is 1. The van der Waals surface area contributed by atoms with E-state index in [0.29, 0.717) is 27.9 Å². The van der Waals surface area contributed by atoms with Crippen LogP contribution in [0.25, 0.3) is 49.9 Å². The number of para-hydroxylation sites is 1. The second-order valence-electron chi connectivity index (χ2n) is 8.70. The molecule has 0 atom stereocenters. The molecule has 0 saturated heterocycles. The number of alkyl halides is 3. The van der Waals surface area contributed by atoms with E-state index in [1.165, 1.54) is 11.3 Å². The first kappa shape index (κ1) is 26.4. The van der Waals surface area contributed by atoms with Crippen LogP contribution in [0.15, 0.2) is 55.0 Å². The van der Waals surface area contributed by atoms with E-state index in [2.05, 4.69) is 60.1 Å². The normalized spacial score (nSPS) is 11.6. The molecule has 199 valence electrons. The van der Waals surface area contributed by atoms with Gasteiger partial charge in [-0.1, -0.05) is 23.6 Å². The summed E-state index contributed by atoms with van der Waals surface area (Å²) in [5.41, 5.74) is 4.93. The van der Waals surface area contributed by atoms with Crippen molar-refractivity contribution in [2.45, 2.75) is 20.0 Å². The molecule has 0 saturated carbocycles. The van der Waals surface area contributed by atoms with Crippen molar-refractivity contribution in [3.63, 3.8) is 0 Å². The molecular weight excluding hydrogens is 688 g/mol. The fourth-order valence-electron chi connectivity index (χ4n) is 4.50. The quantitative estimate of drug-likeness (QED) is 0.178. The first-order chi connectivity index (χ1) is 18.2. The van der Waals surface area contributed by atoms with E-state index in [1.807, 2.05) is 35.8 Å². The largest absolute Gasteiger partial charge is 0.397 e. The molecule has 1 aromatic carbocycles. The number of aromatic nitrogens is 9. The molecule has 7 rings (SSSR count). The Morgan fingerprint density at radius 1 is 1.03 bits per heavy atom. The summed E-state index contributed by atoms with van der Waals surface area (Å²) < 4.78 is 42.6. The minimum absolute atomic E-state index is 0. The summed E-state index contributed by atoms with van der Waals surface area (Å²) in [4.78, 5) is 12.3. The topological polar surface area (TPSA) is 101 Å². The van der Waals surface area contributed by atoms with Gasteiger partial charge in [-0.2, -0.15) is 18.4 Å². The van der Waals surface area contributed by atoms with E-state index in [0.717, 1.165) is 22.5 Å². The Hall–Kier alpha value is -4.22. The minimum atomic E-state index is -4.49. The van der Waals surface area contributed by atoms with Gasteiger partial charge in [0.15, 0.2) is 0 Å².